The number of nitrogens with zero attached hydrogens (tertiary/aromatic N) is 2. The molecule has 0 saturated heterocycles. The highest BCUT2D eigenvalue weighted by Gasteiger charge is 2.40. The molecule has 33 heavy (non-hydrogen) atoms. The summed E-state index contributed by atoms with van der Waals surface area (Å²) in [6, 6.07) is 19.0. The molecule has 0 radical (unpaired) electrons. The van der Waals surface area contributed by atoms with Gasteiger partial charge in [0.25, 0.3) is 11.8 Å². The lowest BCUT2D eigenvalue weighted by Crippen LogP contribution is -2.32. The Morgan fingerprint density at radius 2 is 1.67 bits per heavy atom. The van der Waals surface area contributed by atoms with Crippen molar-refractivity contribution >= 4 is 40.4 Å². The first-order chi connectivity index (χ1) is 15.8. The van der Waals surface area contributed by atoms with Gasteiger partial charge in [0.2, 0.25) is 0 Å². The largest absolute Gasteiger partial charge is 0.495 e. The molecule has 7 heteroatoms. The number of benzene rings is 3. The van der Waals surface area contributed by atoms with Crippen molar-refractivity contribution in [3.05, 3.63) is 93.6 Å². The van der Waals surface area contributed by atoms with Crippen LogP contribution < -0.4 is 15.0 Å². The lowest BCUT2D eigenvalue weighted by atomic mass is 9.99. The number of hydrogen-bond acceptors (Lipinski definition) is 5. The van der Waals surface area contributed by atoms with Gasteiger partial charge in [-0.3, -0.25) is 9.59 Å². The van der Waals surface area contributed by atoms with E-state index in [4.69, 9.17) is 21.6 Å². The van der Waals surface area contributed by atoms with Gasteiger partial charge in [-0.05, 0) is 73.0 Å². The van der Waals surface area contributed by atoms with Crippen molar-refractivity contribution in [3.8, 4) is 11.8 Å². The predicted molar refractivity (Wildman–Crippen MR) is 128 cm³/mol. The molecule has 6 nitrogen and oxygen atoms in total. The minimum atomic E-state index is -0.495. The van der Waals surface area contributed by atoms with Crippen LogP contribution in [0, 0.1) is 25.2 Å². The standard InChI is InChI=1S/C26H20ClN3O3/c1-15-4-7-18(12-16(15)2)23-24(29-19-8-11-22(33-3)21(27)13-19)26(32)30(25(23)31)20-9-5-17(14-28)6-10-20/h4-13,29H,1-3H3. The first kappa shape index (κ1) is 22.1. The van der Waals surface area contributed by atoms with Crippen LogP contribution in [0.1, 0.15) is 22.3 Å². The van der Waals surface area contributed by atoms with Crippen LogP contribution in [0.3, 0.4) is 0 Å². The molecule has 1 heterocycles. The van der Waals surface area contributed by atoms with Crippen molar-refractivity contribution in [1.82, 2.24) is 0 Å². The van der Waals surface area contributed by atoms with E-state index < -0.39 is 11.8 Å². The first-order valence-electron chi connectivity index (χ1n) is 10.2. The van der Waals surface area contributed by atoms with Crippen LogP contribution in [0.5, 0.6) is 5.75 Å². The van der Waals surface area contributed by atoms with E-state index in [9.17, 15) is 9.59 Å². The van der Waals surface area contributed by atoms with Crippen molar-refractivity contribution in [2.75, 3.05) is 17.3 Å². The summed E-state index contributed by atoms with van der Waals surface area (Å²) in [7, 11) is 1.52. The quantitative estimate of drug-likeness (QED) is 0.530. The van der Waals surface area contributed by atoms with E-state index in [0.29, 0.717) is 33.3 Å². The summed E-state index contributed by atoms with van der Waals surface area (Å²) in [5, 5.41) is 12.5. The highest BCUT2D eigenvalue weighted by atomic mass is 35.5. The molecule has 0 spiro atoms. The number of methoxy groups -OCH3 is 1. The Balaban J connectivity index is 1.82. The van der Waals surface area contributed by atoms with Crippen molar-refractivity contribution in [3.63, 3.8) is 0 Å². The van der Waals surface area contributed by atoms with E-state index in [0.717, 1.165) is 16.0 Å². The van der Waals surface area contributed by atoms with E-state index in [2.05, 4.69) is 5.32 Å². The molecule has 0 aliphatic carbocycles. The molecular formula is C26H20ClN3O3. The number of halogens is 1. The van der Waals surface area contributed by atoms with Crippen LogP contribution in [0.25, 0.3) is 5.57 Å². The van der Waals surface area contributed by atoms with Crippen LogP contribution in [0.15, 0.2) is 66.4 Å². The molecule has 3 aromatic carbocycles. The van der Waals surface area contributed by atoms with Gasteiger partial charge in [-0.15, -0.1) is 0 Å². The smallest absolute Gasteiger partial charge is 0.282 e. The molecule has 4 rings (SSSR count). The molecule has 0 saturated carbocycles. The number of nitriles is 1. The molecule has 164 valence electrons. The van der Waals surface area contributed by atoms with E-state index in [-0.39, 0.29) is 11.3 Å². The highest BCUT2D eigenvalue weighted by molar-refractivity contribution is 6.46. The fourth-order valence-electron chi connectivity index (χ4n) is 3.62. The number of nitrogens with one attached hydrogen (secondary N) is 1. The lowest BCUT2D eigenvalue weighted by Gasteiger charge is -2.15. The highest BCUT2D eigenvalue weighted by Crippen LogP contribution is 2.35. The maximum atomic E-state index is 13.5. The van der Waals surface area contributed by atoms with Gasteiger partial charge in [-0.25, -0.2) is 4.90 Å². The Hall–Kier alpha value is -4.08. The fourth-order valence-corrected chi connectivity index (χ4v) is 3.88. The summed E-state index contributed by atoms with van der Waals surface area (Å²) in [4.78, 5) is 28.1. The summed E-state index contributed by atoms with van der Waals surface area (Å²) >= 11 is 6.26. The number of carbonyl (C=O) groups is 2. The van der Waals surface area contributed by atoms with Gasteiger partial charge in [0.15, 0.2) is 0 Å². The molecule has 1 N–H and O–H groups in total. The molecule has 3 aromatic rings. The maximum absolute atomic E-state index is 13.5. The minimum absolute atomic E-state index is 0.147. The van der Waals surface area contributed by atoms with Crippen molar-refractivity contribution in [1.29, 1.82) is 5.26 Å². The Bertz CT molecular complexity index is 1350. The molecule has 0 aromatic heterocycles. The monoisotopic (exact) mass is 457 g/mol. The summed E-state index contributed by atoms with van der Waals surface area (Å²) < 4.78 is 5.19. The number of aryl methyl sites for hydroxylation is 2. The number of amides is 2. The third-order valence-corrected chi connectivity index (χ3v) is 5.85. The number of imide groups is 1. The van der Waals surface area contributed by atoms with Gasteiger partial charge in [0, 0.05) is 5.69 Å². The number of rotatable bonds is 5. The Morgan fingerprint density at radius 1 is 0.939 bits per heavy atom. The van der Waals surface area contributed by atoms with Crippen molar-refractivity contribution in [2.24, 2.45) is 0 Å². The summed E-state index contributed by atoms with van der Waals surface area (Å²) in [5.74, 6) is -0.446. The third-order valence-electron chi connectivity index (χ3n) is 5.56. The van der Waals surface area contributed by atoms with Crippen molar-refractivity contribution < 1.29 is 14.3 Å². The summed E-state index contributed by atoms with van der Waals surface area (Å²) in [6.07, 6.45) is 0. The van der Waals surface area contributed by atoms with Gasteiger partial charge in [0.1, 0.15) is 11.4 Å². The van der Waals surface area contributed by atoms with Gasteiger partial charge < -0.3 is 10.1 Å². The van der Waals surface area contributed by atoms with Crippen LogP contribution in [-0.2, 0) is 9.59 Å². The second kappa shape index (κ2) is 8.81. The lowest BCUT2D eigenvalue weighted by molar-refractivity contribution is -0.120. The molecule has 1 aliphatic rings. The van der Waals surface area contributed by atoms with Crippen LogP contribution in [-0.4, -0.2) is 18.9 Å². The summed E-state index contributed by atoms with van der Waals surface area (Å²) in [5.41, 5.74) is 4.49. The van der Waals surface area contributed by atoms with Gasteiger partial charge in [-0.1, -0.05) is 29.8 Å². The number of anilines is 2. The van der Waals surface area contributed by atoms with E-state index in [1.807, 2.05) is 38.1 Å². The molecule has 0 fully saturated rings. The molecular weight excluding hydrogens is 438 g/mol. The molecule has 0 bridgehead atoms. The predicted octanol–water partition coefficient (Wildman–Crippen LogP) is 5.23. The normalized spacial score (nSPS) is 13.4. The van der Waals surface area contributed by atoms with Crippen LogP contribution in [0.2, 0.25) is 5.02 Å². The van der Waals surface area contributed by atoms with Gasteiger partial charge >= 0.3 is 0 Å². The van der Waals surface area contributed by atoms with Crippen molar-refractivity contribution in [2.45, 2.75) is 13.8 Å². The van der Waals surface area contributed by atoms with E-state index in [1.165, 1.54) is 7.11 Å². The number of hydrogen-bond donors (Lipinski definition) is 1. The zero-order chi connectivity index (χ0) is 23.7. The Labute approximate surface area is 196 Å². The van der Waals surface area contributed by atoms with E-state index in [1.54, 1.807) is 42.5 Å². The fraction of sp³-hybridized carbons (Fsp3) is 0.115. The molecule has 0 unspecified atom stereocenters. The second-order valence-electron chi connectivity index (χ2n) is 7.63. The molecule has 1 aliphatic heterocycles. The topological polar surface area (TPSA) is 82.4 Å². The average molecular weight is 458 g/mol. The molecule has 0 atom stereocenters. The van der Waals surface area contributed by atoms with Gasteiger partial charge in [0.05, 0.1) is 35.0 Å². The Kier molecular flexibility index (Phi) is 5.91. The summed E-state index contributed by atoms with van der Waals surface area (Å²) in [6.45, 7) is 3.94. The zero-order valence-electron chi connectivity index (χ0n) is 18.3. The average Bonchev–Trinajstić information content (AvgIpc) is 3.05. The SMILES string of the molecule is COc1ccc(NC2=C(c3ccc(C)c(C)c3)C(=O)N(c3ccc(C#N)cc3)C2=O)cc1Cl. The minimum Gasteiger partial charge on any atom is -0.495 e. The first-order valence-corrected chi connectivity index (χ1v) is 10.5. The van der Waals surface area contributed by atoms with Crippen LogP contribution in [0.4, 0.5) is 11.4 Å². The van der Waals surface area contributed by atoms with E-state index >= 15 is 0 Å². The zero-order valence-corrected chi connectivity index (χ0v) is 19.0. The molecule has 2 amide bonds. The van der Waals surface area contributed by atoms with Crippen LogP contribution >= 0.6 is 11.6 Å². The second-order valence-corrected chi connectivity index (χ2v) is 8.03. The third kappa shape index (κ3) is 4.07. The maximum Gasteiger partial charge on any atom is 0.282 e. The van der Waals surface area contributed by atoms with Gasteiger partial charge in [-0.2, -0.15) is 5.26 Å². The number of carbonyl (C=O) groups excluding carboxylic acids is 2. The number of ether oxygens (including phenoxy) is 1. The Morgan fingerprint density at radius 3 is 2.27 bits per heavy atom.